The maximum atomic E-state index is 12.1. The zero-order chi connectivity index (χ0) is 13.8. The van der Waals surface area contributed by atoms with E-state index in [4.69, 9.17) is 10.00 Å². The SMILES string of the molecule is COc1cc(C#N)ccc1NC(=O)C(C)C1CNC1. The fraction of sp³-hybridized carbons (Fsp3) is 0.429. The number of nitrogens with zero attached hydrogens (tertiary/aromatic N) is 1. The molecule has 5 nitrogen and oxygen atoms in total. The van der Waals surface area contributed by atoms with E-state index in [1.165, 1.54) is 7.11 Å². The summed E-state index contributed by atoms with van der Waals surface area (Å²) in [5.74, 6) is 0.840. The van der Waals surface area contributed by atoms with Crippen molar-refractivity contribution in [3.05, 3.63) is 23.8 Å². The summed E-state index contributed by atoms with van der Waals surface area (Å²) in [6, 6.07) is 7.01. The fourth-order valence-electron chi connectivity index (χ4n) is 1.99. The minimum Gasteiger partial charge on any atom is -0.495 e. The summed E-state index contributed by atoms with van der Waals surface area (Å²) in [7, 11) is 1.52. The highest BCUT2D eigenvalue weighted by Crippen LogP contribution is 2.27. The average molecular weight is 259 g/mol. The van der Waals surface area contributed by atoms with Crippen LogP contribution in [0.4, 0.5) is 5.69 Å². The standard InChI is InChI=1S/C14H17N3O2/c1-9(11-7-16-8-11)14(18)17-12-4-3-10(6-15)5-13(12)19-2/h3-5,9,11,16H,7-8H2,1-2H3,(H,17,18). The monoisotopic (exact) mass is 259 g/mol. The zero-order valence-corrected chi connectivity index (χ0v) is 11.1. The van der Waals surface area contributed by atoms with E-state index in [1.807, 2.05) is 13.0 Å². The molecule has 2 rings (SSSR count). The highest BCUT2D eigenvalue weighted by Gasteiger charge is 2.29. The molecule has 0 radical (unpaired) electrons. The van der Waals surface area contributed by atoms with Crippen LogP contribution in [0.25, 0.3) is 0 Å². The van der Waals surface area contributed by atoms with E-state index in [9.17, 15) is 4.79 Å². The number of methoxy groups -OCH3 is 1. The lowest BCUT2D eigenvalue weighted by Gasteiger charge is -2.31. The second-order valence-corrected chi connectivity index (χ2v) is 4.72. The lowest BCUT2D eigenvalue weighted by atomic mass is 9.88. The Morgan fingerprint density at radius 2 is 2.32 bits per heavy atom. The van der Waals surface area contributed by atoms with Gasteiger partial charge in [-0.25, -0.2) is 0 Å². The molecule has 1 aliphatic heterocycles. The Bertz CT molecular complexity index is 518. The minimum atomic E-state index is -0.0402. The first-order valence-electron chi connectivity index (χ1n) is 6.25. The van der Waals surface area contributed by atoms with E-state index in [0.29, 0.717) is 22.9 Å². The van der Waals surface area contributed by atoms with Gasteiger partial charge in [-0.2, -0.15) is 5.26 Å². The van der Waals surface area contributed by atoms with Crippen LogP contribution in [0.3, 0.4) is 0 Å². The van der Waals surface area contributed by atoms with Gasteiger partial charge in [-0.15, -0.1) is 0 Å². The Balaban J connectivity index is 2.09. The number of benzene rings is 1. The van der Waals surface area contributed by atoms with Crippen LogP contribution in [0.2, 0.25) is 0 Å². The predicted octanol–water partition coefficient (Wildman–Crippen LogP) is 1.36. The van der Waals surface area contributed by atoms with Gasteiger partial charge in [-0.05, 0) is 31.1 Å². The molecule has 0 aliphatic carbocycles. The Hall–Kier alpha value is -2.06. The van der Waals surface area contributed by atoms with Crippen molar-refractivity contribution in [2.45, 2.75) is 6.92 Å². The number of carbonyl (C=O) groups is 1. The molecular weight excluding hydrogens is 242 g/mol. The molecule has 0 spiro atoms. The van der Waals surface area contributed by atoms with E-state index in [1.54, 1.807) is 18.2 Å². The summed E-state index contributed by atoms with van der Waals surface area (Å²) in [5, 5.41) is 14.8. The van der Waals surface area contributed by atoms with Crippen molar-refractivity contribution >= 4 is 11.6 Å². The molecular formula is C14H17N3O2. The summed E-state index contributed by atoms with van der Waals surface area (Å²) in [6.07, 6.45) is 0. The van der Waals surface area contributed by atoms with Crippen LogP contribution in [-0.4, -0.2) is 26.1 Å². The van der Waals surface area contributed by atoms with Gasteiger partial charge in [0.05, 0.1) is 24.4 Å². The Kier molecular flexibility index (Phi) is 4.03. The fourth-order valence-corrected chi connectivity index (χ4v) is 1.99. The molecule has 1 aromatic carbocycles. The van der Waals surface area contributed by atoms with Gasteiger partial charge in [-0.3, -0.25) is 4.79 Å². The molecule has 2 N–H and O–H groups in total. The number of rotatable bonds is 4. The van der Waals surface area contributed by atoms with Gasteiger partial charge in [0.1, 0.15) is 5.75 Å². The third-order valence-corrected chi connectivity index (χ3v) is 3.52. The van der Waals surface area contributed by atoms with Crippen molar-refractivity contribution in [1.82, 2.24) is 5.32 Å². The molecule has 0 aromatic heterocycles. The summed E-state index contributed by atoms with van der Waals surface area (Å²) >= 11 is 0. The Labute approximate surface area is 112 Å². The highest BCUT2D eigenvalue weighted by atomic mass is 16.5. The van der Waals surface area contributed by atoms with Crippen LogP contribution in [-0.2, 0) is 4.79 Å². The first kappa shape index (κ1) is 13.4. The summed E-state index contributed by atoms with van der Waals surface area (Å²) in [6.45, 7) is 3.70. The third-order valence-electron chi connectivity index (χ3n) is 3.52. The number of hydrogen-bond donors (Lipinski definition) is 2. The molecule has 1 atom stereocenters. The third kappa shape index (κ3) is 2.85. The van der Waals surface area contributed by atoms with Crippen molar-refractivity contribution < 1.29 is 9.53 Å². The van der Waals surface area contributed by atoms with Crippen molar-refractivity contribution in [1.29, 1.82) is 5.26 Å². The number of ether oxygens (including phenoxy) is 1. The molecule has 1 aromatic rings. The van der Waals surface area contributed by atoms with Gasteiger partial charge < -0.3 is 15.4 Å². The first-order chi connectivity index (χ1) is 9.15. The Morgan fingerprint density at radius 3 is 2.84 bits per heavy atom. The maximum absolute atomic E-state index is 12.1. The Morgan fingerprint density at radius 1 is 1.58 bits per heavy atom. The van der Waals surface area contributed by atoms with E-state index in [0.717, 1.165) is 13.1 Å². The number of amides is 1. The van der Waals surface area contributed by atoms with Crippen molar-refractivity contribution in [3.8, 4) is 11.8 Å². The van der Waals surface area contributed by atoms with E-state index < -0.39 is 0 Å². The molecule has 1 heterocycles. The van der Waals surface area contributed by atoms with Gasteiger partial charge in [-0.1, -0.05) is 6.92 Å². The van der Waals surface area contributed by atoms with Crippen molar-refractivity contribution in [3.63, 3.8) is 0 Å². The largest absolute Gasteiger partial charge is 0.495 e. The van der Waals surface area contributed by atoms with Crippen LogP contribution in [0, 0.1) is 23.2 Å². The molecule has 0 bridgehead atoms. The topological polar surface area (TPSA) is 74.1 Å². The maximum Gasteiger partial charge on any atom is 0.227 e. The summed E-state index contributed by atoms with van der Waals surface area (Å²) in [5.41, 5.74) is 1.11. The van der Waals surface area contributed by atoms with Crippen LogP contribution in [0.5, 0.6) is 5.75 Å². The predicted molar refractivity (Wildman–Crippen MR) is 71.9 cm³/mol. The number of nitriles is 1. The van der Waals surface area contributed by atoms with Crippen LogP contribution in [0.15, 0.2) is 18.2 Å². The molecule has 1 saturated heterocycles. The van der Waals surface area contributed by atoms with Gasteiger partial charge in [0, 0.05) is 12.0 Å². The molecule has 1 amide bonds. The number of carbonyl (C=O) groups excluding carboxylic acids is 1. The molecule has 1 aliphatic rings. The zero-order valence-electron chi connectivity index (χ0n) is 11.1. The number of hydrogen-bond acceptors (Lipinski definition) is 4. The molecule has 100 valence electrons. The van der Waals surface area contributed by atoms with Crippen LogP contribution in [0.1, 0.15) is 12.5 Å². The smallest absolute Gasteiger partial charge is 0.227 e. The average Bonchev–Trinajstić information content (AvgIpc) is 2.37. The summed E-state index contributed by atoms with van der Waals surface area (Å²) < 4.78 is 5.19. The van der Waals surface area contributed by atoms with E-state index in [-0.39, 0.29) is 11.8 Å². The molecule has 5 heteroatoms. The molecule has 1 fully saturated rings. The lowest BCUT2D eigenvalue weighted by Crippen LogP contribution is -2.48. The van der Waals surface area contributed by atoms with Gasteiger partial charge >= 0.3 is 0 Å². The van der Waals surface area contributed by atoms with Crippen molar-refractivity contribution in [2.24, 2.45) is 11.8 Å². The molecule has 19 heavy (non-hydrogen) atoms. The van der Waals surface area contributed by atoms with Gasteiger partial charge in [0.25, 0.3) is 0 Å². The van der Waals surface area contributed by atoms with E-state index >= 15 is 0 Å². The minimum absolute atomic E-state index is 0.0190. The van der Waals surface area contributed by atoms with Crippen LogP contribution < -0.4 is 15.4 Å². The molecule has 0 saturated carbocycles. The molecule has 1 unspecified atom stereocenters. The highest BCUT2D eigenvalue weighted by molar-refractivity contribution is 5.94. The van der Waals surface area contributed by atoms with E-state index in [2.05, 4.69) is 10.6 Å². The van der Waals surface area contributed by atoms with Gasteiger partial charge in [0.15, 0.2) is 0 Å². The van der Waals surface area contributed by atoms with Crippen molar-refractivity contribution in [2.75, 3.05) is 25.5 Å². The number of nitrogens with one attached hydrogen (secondary N) is 2. The van der Waals surface area contributed by atoms with Gasteiger partial charge in [0.2, 0.25) is 5.91 Å². The lowest BCUT2D eigenvalue weighted by molar-refractivity contribution is -0.121. The second kappa shape index (κ2) is 5.72. The normalized spacial score (nSPS) is 16.1. The quantitative estimate of drug-likeness (QED) is 0.856. The van der Waals surface area contributed by atoms with Crippen LogP contribution >= 0.6 is 0 Å². The summed E-state index contributed by atoms with van der Waals surface area (Å²) in [4.78, 5) is 12.1. The number of anilines is 1. The second-order valence-electron chi connectivity index (χ2n) is 4.72. The first-order valence-corrected chi connectivity index (χ1v) is 6.25.